The van der Waals surface area contributed by atoms with E-state index in [2.05, 4.69) is 0 Å². The van der Waals surface area contributed by atoms with Gasteiger partial charge in [0.15, 0.2) is 0 Å². The van der Waals surface area contributed by atoms with Crippen molar-refractivity contribution in [2.75, 3.05) is 0 Å². The quantitative estimate of drug-likeness (QED) is 0.819. The molecule has 1 aromatic heterocycles. The molecule has 0 unspecified atom stereocenters. The molecular weight excluding hydrogens is 196 g/mol. The molecule has 0 bridgehead atoms. The minimum atomic E-state index is -0.825. The van der Waals surface area contributed by atoms with Crippen molar-refractivity contribution < 1.29 is 9.90 Å². The first-order chi connectivity index (χ1) is 5.68. The Balaban J connectivity index is 2.52. The number of carboxylic acids is 1. The summed E-state index contributed by atoms with van der Waals surface area (Å²) in [5.74, 6) is -0.825. The van der Waals surface area contributed by atoms with Crippen LogP contribution in [0.25, 0.3) is 6.08 Å². The van der Waals surface area contributed by atoms with Crippen LogP contribution >= 0.6 is 22.9 Å². The van der Waals surface area contributed by atoms with Crippen LogP contribution in [-0.2, 0) is 4.79 Å². The second-order valence-electron chi connectivity index (χ2n) is 2.14. The maximum Gasteiger partial charge on any atom is 0.307 e. The predicted molar refractivity (Wildman–Crippen MR) is 50.6 cm³/mol. The van der Waals surface area contributed by atoms with Gasteiger partial charge in [-0.1, -0.05) is 17.7 Å². The standard InChI is InChI=1S/C8H7ClO2S/c9-7-5-4-6(12-7)2-1-3-8(10)11/h1-2,4-5H,3H2,(H,10,11). The topological polar surface area (TPSA) is 37.3 Å². The van der Waals surface area contributed by atoms with Crippen LogP contribution in [0, 0.1) is 0 Å². The number of hydrogen-bond acceptors (Lipinski definition) is 2. The van der Waals surface area contributed by atoms with Crippen LogP contribution in [0.5, 0.6) is 0 Å². The summed E-state index contributed by atoms with van der Waals surface area (Å²) in [5.41, 5.74) is 0. The van der Waals surface area contributed by atoms with Gasteiger partial charge in [-0.15, -0.1) is 11.3 Å². The van der Waals surface area contributed by atoms with Crippen LogP contribution in [0.2, 0.25) is 4.34 Å². The van der Waals surface area contributed by atoms with Crippen molar-refractivity contribution in [3.63, 3.8) is 0 Å². The molecule has 2 nitrogen and oxygen atoms in total. The molecular formula is C8H7ClO2S. The molecule has 0 radical (unpaired) electrons. The van der Waals surface area contributed by atoms with Gasteiger partial charge in [-0.2, -0.15) is 0 Å². The molecule has 0 amide bonds. The normalized spacial score (nSPS) is 10.8. The van der Waals surface area contributed by atoms with E-state index in [-0.39, 0.29) is 6.42 Å². The zero-order valence-electron chi connectivity index (χ0n) is 6.16. The van der Waals surface area contributed by atoms with E-state index in [0.29, 0.717) is 4.34 Å². The summed E-state index contributed by atoms with van der Waals surface area (Å²) in [4.78, 5) is 11.1. The fraction of sp³-hybridized carbons (Fsp3) is 0.125. The van der Waals surface area contributed by atoms with Crippen LogP contribution in [-0.4, -0.2) is 11.1 Å². The largest absolute Gasteiger partial charge is 0.481 e. The first-order valence-electron chi connectivity index (χ1n) is 3.32. The van der Waals surface area contributed by atoms with Gasteiger partial charge in [0.25, 0.3) is 0 Å². The molecule has 0 aliphatic carbocycles. The number of carboxylic acid groups (broad SMARTS) is 1. The molecule has 1 rings (SSSR count). The molecule has 0 atom stereocenters. The van der Waals surface area contributed by atoms with Crippen LogP contribution < -0.4 is 0 Å². The monoisotopic (exact) mass is 202 g/mol. The summed E-state index contributed by atoms with van der Waals surface area (Å²) in [5, 5.41) is 8.32. The maximum atomic E-state index is 10.1. The van der Waals surface area contributed by atoms with Crippen LogP contribution in [0.4, 0.5) is 0 Å². The first kappa shape index (κ1) is 9.29. The second-order valence-corrected chi connectivity index (χ2v) is 3.89. The number of thiophene rings is 1. The average molecular weight is 203 g/mol. The van der Waals surface area contributed by atoms with Gasteiger partial charge in [-0.3, -0.25) is 4.79 Å². The summed E-state index contributed by atoms with van der Waals surface area (Å²) in [7, 11) is 0. The van der Waals surface area contributed by atoms with Crippen molar-refractivity contribution >= 4 is 35.0 Å². The van der Waals surface area contributed by atoms with Crippen molar-refractivity contribution in [2.45, 2.75) is 6.42 Å². The molecule has 12 heavy (non-hydrogen) atoms. The molecule has 1 heterocycles. The lowest BCUT2D eigenvalue weighted by atomic mass is 10.3. The van der Waals surface area contributed by atoms with Crippen LogP contribution in [0.1, 0.15) is 11.3 Å². The van der Waals surface area contributed by atoms with Gasteiger partial charge in [0, 0.05) is 4.88 Å². The molecule has 64 valence electrons. The van der Waals surface area contributed by atoms with Gasteiger partial charge in [0.2, 0.25) is 0 Å². The van der Waals surface area contributed by atoms with Gasteiger partial charge in [0.1, 0.15) is 0 Å². The number of hydrogen-bond donors (Lipinski definition) is 1. The fourth-order valence-corrected chi connectivity index (χ4v) is 1.69. The summed E-state index contributed by atoms with van der Waals surface area (Å²) >= 11 is 7.10. The van der Waals surface area contributed by atoms with Crippen molar-refractivity contribution in [3.8, 4) is 0 Å². The van der Waals surface area contributed by atoms with Crippen molar-refractivity contribution in [3.05, 3.63) is 27.4 Å². The van der Waals surface area contributed by atoms with E-state index in [1.807, 2.05) is 6.07 Å². The van der Waals surface area contributed by atoms with Crippen LogP contribution in [0.15, 0.2) is 18.2 Å². The molecule has 0 fully saturated rings. The van der Waals surface area contributed by atoms with Crippen molar-refractivity contribution in [1.82, 2.24) is 0 Å². The highest BCUT2D eigenvalue weighted by Crippen LogP contribution is 2.22. The third-order valence-electron chi connectivity index (χ3n) is 1.17. The molecule has 0 saturated heterocycles. The Labute approximate surface area is 79.1 Å². The Morgan fingerprint density at radius 1 is 1.67 bits per heavy atom. The summed E-state index contributed by atoms with van der Waals surface area (Å²) in [6.07, 6.45) is 3.41. The van der Waals surface area contributed by atoms with E-state index >= 15 is 0 Å². The van der Waals surface area contributed by atoms with Gasteiger partial charge in [0.05, 0.1) is 10.8 Å². The van der Waals surface area contributed by atoms with Gasteiger partial charge in [-0.25, -0.2) is 0 Å². The number of halogens is 1. The Morgan fingerprint density at radius 3 is 2.92 bits per heavy atom. The zero-order valence-corrected chi connectivity index (χ0v) is 7.73. The van der Waals surface area contributed by atoms with E-state index in [4.69, 9.17) is 16.7 Å². The van der Waals surface area contributed by atoms with E-state index in [0.717, 1.165) is 4.88 Å². The molecule has 1 aromatic rings. The van der Waals surface area contributed by atoms with E-state index in [1.54, 1.807) is 18.2 Å². The molecule has 0 spiro atoms. The lowest BCUT2D eigenvalue weighted by molar-refractivity contribution is -0.135. The minimum Gasteiger partial charge on any atom is -0.481 e. The average Bonchev–Trinajstić information content (AvgIpc) is 2.35. The Kier molecular flexibility index (Phi) is 3.31. The number of carbonyl (C=O) groups is 1. The maximum absolute atomic E-state index is 10.1. The van der Waals surface area contributed by atoms with E-state index < -0.39 is 5.97 Å². The molecule has 1 N–H and O–H groups in total. The summed E-state index contributed by atoms with van der Waals surface area (Å²) in [6, 6.07) is 3.64. The third kappa shape index (κ3) is 3.07. The van der Waals surface area contributed by atoms with Gasteiger partial charge < -0.3 is 5.11 Å². The van der Waals surface area contributed by atoms with Crippen molar-refractivity contribution in [1.29, 1.82) is 0 Å². The summed E-state index contributed by atoms with van der Waals surface area (Å²) < 4.78 is 0.713. The van der Waals surface area contributed by atoms with E-state index in [1.165, 1.54) is 11.3 Å². The Bertz CT molecular complexity index is 304. The van der Waals surface area contributed by atoms with Crippen LogP contribution in [0.3, 0.4) is 0 Å². The molecule has 0 aromatic carbocycles. The van der Waals surface area contributed by atoms with Crippen molar-refractivity contribution in [2.24, 2.45) is 0 Å². The smallest absolute Gasteiger partial charge is 0.307 e. The lowest BCUT2D eigenvalue weighted by Gasteiger charge is -1.83. The fourth-order valence-electron chi connectivity index (χ4n) is 0.694. The zero-order chi connectivity index (χ0) is 8.97. The third-order valence-corrected chi connectivity index (χ3v) is 2.36. The number of aliphatic carboxylic acids is 1. The highest BCUT2D eigenvalue weighted by molar-refractivity contribution is 7.16. The first-order valence-corrected chi connectivity index (χ1v) is 4.51. The number of rotatable bonds is 3. The molecule has 0 aliphatic rings. The highest BCUT2D eigenvalue weighted by atomic mass is 35.5. The predicted octanol–water partition coefficient (Wildman–Crippen LogP) is 2.89. The molecule has 0 aliphatic heterocycles. The molecule has 0 saturated carbocycles. The Morgan fingerprint density at radius 2 is 2.42 bits per heavy atom. The lowest BCUT2D eigenvalue weighted by Crippen LogP contribution is -1.89. The highest BCUT2D eigenvalue weighted by Gasteiger charge is 1.93. The minimum absolute atomic E-state index is 0.0511. The second kappa shape index (κ2) is 4.28. The van der Waals surface area contributed by atoms with Gasteiger partial charge in [-0.05, 0) is 18.2 Å². The Hall–Kier alpha value is -0.800. The van der Waals surface area contributed by atoms with E-state index in [9.17, 15) is 4.79 Å². The SMILES string of the molecule is O=C(O)CC=Cc1ccc(Cl)s1. The summed E-state index contributed by atoms with van der Waals surface area (Å²) in [6.45, 7) is 0. The molecule has 4 heteroatoms. The van der Waals surface area contributed by atoms with Gasteiger partial charge >= 0.3 is 5.97 Å².